The lowest BCUT2D eigenvalue weighted by molar-refractivity contribution is -0.137. The molecule has 0 N–H and O–H groups in total. The van der Waals surface area contributed by atoms with E-state index in [0.717, 1.165) is 44.6 Å². The van der Waals surface area contributed by atoms with Crippen molar-refractivity contribution in [2.24, 2.45) is 5.92 Å². The number of ether oxygens (including phenoxy) is 2. The Hall–Kier alpha value is -1.79. The predicted molar refractivity (Wildman–Crippen MR) is 117 cm³/mol. The van der Waals surface area contributed by atoms with E-state index in [0.29, 0.717) is 24.2 Å². The summed E-state index contributed by atoms with van der Waals surface area (Å²) < 4.78 is 11.1. The van der Waals surface area contributed by atoms with Gasteiger partial charge < -0.3 is 19.3 Å². The van der Waals surface area contributed by atoms with Crippen molar-refractivity contribution in [2.75, 3.05) is 40.3 Å². The fourth-order valence-electron chi connectivity index (χ4n) is 5.10. The van der Waals surface area contributed by atoms with E-state index < -0.39 is 5.60 Å². The monoisotopic (exact) mass is 436 g/mol. The van der Waals surface area contributed by atoms with Gasteiger partial charge in [-0.3, -0.25) is 4.79 Å². The van der Waals surface area contributed by atoms with Crippen molar-refractivity contribution in [3.05, 3.63) is 29.3 Å². The van der Waals surface area contributed by atoms with E-state index >= 15 is 0 Å². The first-order chi connectivity index (χ1) is 14.0. The number of nitrogens with zero attached hydrogens (tertiary/aromatic N) is 2. The second kappa shape index (κ2) is 9.56. The number of hydrogen-bond donors (Lipinski definition) is 0. The zero-order valence-corrected chi connectivity index (χ0v) is 18.8. The van der Waals surface area contributed by atoms with Gasteiger partial charge in [0.1, 0.15) is 11.4 Å². The van der Waals surface area contributed by atoms with Gasteiger partial charge in [-0.1, -0.05) is 12.5 Å². The maximum atomic E-state index is 13.0. The van der Waals surface area contributed by atoms with Gasteiger partial charge in [-0.15, -0.1) is 12.4 Å². The van der Waals surface area contributed by atoms with Gasteiger partial charge in [-0.2, -0.15) is 0 Å². The van der Waals surface area contributed by atoms with Gasteiger partial charge in [0.2, 0.25) is 5.91 Å². The van der Waals surface area contributed by atoms with E-state index in [1.54, 1.807) is 13.2 Å². The highest BCUT2D eigenvalue weighted by Gasteiger charge is 2.48. The summed E-state index contributed by atoms with van der Waals surface area (Å²) in [6.45, 7) is 4.07. The molecule has 1 aromatic carbocycles. The Kier molecular flexibility index (Phi) is 7.30. The van der Waals surface area contributed by atoms with Crippen LogP contribution in [-0.4, -0.2) is 62.0 Å². The van der Waals surface area contributed by atoms with E-state index in [-0.39, 0.29) is 30.2 Å². The molecule has 2 fully saturated rings. The number of likely N-dealkylation sites (tertiary alicyclic amines) is 1. The highest BCUT2D eigenvalue weighted by atomic mass is 35.5. The highest BCUT2D eigenvalue weighted by molar-refractivity contribution is 5.95. The summed E-state index contributed by atoms with van der Waals surface area (Å²) in [4.78, 5) is 29.7. The number of carbonyl (C=O) groups is 2. The third kappa shape index (κ3) is 4.45. The van der Waals surface area contributed by atoms with Crippen LogP contribution in [0.2, 0.25) is 0 Å². The number of hydrogen-bond acceptors (Lipinski definition) is 5. The third-order valence-corrected chi connectivity index (χ3v) is 6.94. The fraction of sp³-hybridized carbons (Fsp3) is 0.652. The number of piperidine rings is 1. The van der Waals surface area contributed by atoms with Gasteiger partial charge >= 0.3 is 5.97 Å². The van der Waals surface area contributed by atoms with E-state index in [4.69, 9.17) is 9.47 Å². The van der Waals surface area contributed by atoms with Gasteiger partial charge in [0.25, 0.3) is 0 Å². The molecule has 1 aliphatic carbocycles. The van der Waals surface area contributed by atoms with Crippen LogP contribution >= 0.6 is 12.4 Å². The van der Waals surface area contributed by atoms with Gasteiger partial charge in [-0.05, 0) is 63.7 Å². The Morgan fingerprint density at radius 3 is 2.60 bits per heavy atom. The van der Waals surface area contributed by atoms with Crippen LogP contribution in [-0.2, 0) is 15.1 Å². The third-order valence-electron chi connectivity index (χ3n) is 6.94. The summed E-state index contributed by atoms with van der Waals surface area (Å²) in [6.07, 6.45) is 6.79. The SMILES string of the molecule is COc1ccc2c(c1)C(=O)OC21CCC(C(=O)N(C)CCN2CCCCC2)CC1.Cl. The molecule has 1 spiro atoms. The van der Waals surface area contributed by atoms with Gasteiger partial charge in [-0.25, -0.2) is 4.79 Å². The molecule has 7 heteroatoms. The van der Waals surface area contributed by atoms with Gasteiger partial charge in [0.15, 0.2) is 0 Å². The molecule has 4 rings (SSSR count). The van der Waals surface area contributed by atoms with Crippen molar-refractivity contribution in [2.45, 2.75) is 50.5 Å². The smallest absolute Gasteiger partial charge is 0.339 e. The summed E-state index contributed by atoms with van der Waals surface area (Å²) in [5.74, 6) is 0.642. The van der Waals surface area contributed by atoms with Crippen molar-refractivity contribution in [3.63, 3.8) is 0 Å². The van der Waals surface area contributed by atoms with Gasteiger partial charge in [0.05, 0.1) is 12.7 Å². The minimum absolute atomic E-state index is 0. The second-order valence-electron chi connectivity index (χ2n) is 8.73. The Morgan fingerprint density at radius 2 is 1.93 bits per heavy atom. The average molecular weight is 437 g/mol. The van der Waals surface area contributed by atoms with Crippen LogP contribution in [0.5, 0.6) is 5.75 Å². The number of amides is 1. The van der Waals surface area contributed by atoms with Crippen LogP contribution in [0, 0.1) is 5.92 Å². The largest absolute Gasteiger partial charge is 0.497 e. The molecule has 30 heavy (non-hydrogen) atoms. The normalized spacial score (nSPS) is 25.9. The number of carbonyl (C=O) groups excluding carboxylic acids is 2. The quantitative estimate of drug-likeness (QED) is 0.660. The number of benzene rings is 1. The van der Waals surface area contributed by atoms with Crippen LogP contribution in [0.25, 0.3) is 0 Å². The number of fused-ring (bicyclic) bond motifs is 2. The average Bonchev–Trinajstić information content (AvgIpc) is 3.03. The molecule has 1 amide bonds. The summed E-state index contributed by atoms with van der Waals surface area (Å²) in [5.41, 5.74) is 0.988. The maximum absolute atomic E-state index is 13.0. The summed E-state index contributed by atoms with van der Waals surface area (Å²) >= 11 is 0. The lowest BCUT2D eigenvalue weighted by atomic mass is 9.74. The zero-order valence-electron chi connectivity index (χ0n) is 18.0. The Morgan fingerprint density at radius 1 is 1.23 bits per heavy atom. The van der Waals surface area contributed by atoms with Crippen molar-refractivity contribution >= 4 is 24.3 Å². The van der Waals surface area contributed by atoms with Crippen molar-refractivity contribution in [1.82, 2.24) is 9.80 Å². The molecule has 6 nitrogen and oxygen atoms in total. The minimum Gasteiger partial charge on any atom is -0.497 e. The number of rotatable bonds is 5. The molecule has 2 aliphatic heterocycles. The Bertz CT molecular complexity index is 770. The predicted octanol–water partition coefficient (Wildman–Crippen LogP) is 3.62. The molecule has 1 saturated carbocycles. The molecule has 0 atom stereocenters. The Balaban J connectivity index is 0.00000256. The van der Waals surface area contributed by atoms with E-state index in [2.05, 4.69) is 4.90 Å². The minimum atomic E-state index is -0.568. The summed E-state index contributed by atoms with van der Waals surface area (Å²) in [5, 5.41) is 0. The molecule has 1 aromatic rings. The highest BCUT2D eigenvalue weighted by Crippen LogP contribution is 2.48. The molecule has 3 aliphatic rings. The van der Waals surface area contributed by atoms with Gasteiger partial charge in [0, 0.05) is 31.6 Å². The first kappa shape index (κ1) is 22.9. The first-order valence-electron chi connectivity index (χ1n) is 10.9. The molecule has 1 saturated heterocycles. The maximum Gasteiger partial charge on any atom is 0.339 e. The van der Waals surface area contributed by atoms with E-state index in [9.17, 15) is 9.59 Å². The molecule has 0 radical (unpaired) electrons. The fourth-order valence-corrected chi connectivity index (χ4v) is 5.10. The van der Waals surface area contributed by atoms with Crippen molar-refractivity contribution < 1.29 is 19.1 Å². The number of methoxy groups -OCH3 is 1. The van der Waals surface area contributed by atoms with E-state index in [1.165, 1.54) is 19.3 Å². The second-order valence-corrected chi connectivity index (χ2v) is 8.73. The molecule has 2 heterocycles. The molecule has 0 unspecified atom stereocenters. The van der Waals surface area contributed by atoms with Crippen LogP contribution < -0.4 is 4.74 Å². The summed E-state index contributed by atoms with van der Waals surface area (Å²) in [6, 6.07) is 5.60. The van der Waals surface area contributed by atoms with Crippen LogP contribution in [0.15, 0.2) is 18.2 Å². The lowest BCUT2D eigenvalue weighted by Crippen LogP contribution is -2.43. The van der Waals surface area contributed by atoms with Crippen LogP contribution in [0.4, 0.5) is 0 Å². The Labute approximate surface area is 185 Å². The first-order valence-corrected chi connectivity index (χ1v) is 10.9. The molecule has 166 valence electrons. The topological polar surface area (TPSA) is 59.1 Å². The van der Waals surface area contributed by atoms with Crippen LogP contribution in [0.1, 0.15) is 60.9 Å². The van der Waals surface area contributed by atoms with Crippen molar-refractivity contribution in [3.8, 4) is 5.75 Å². The molecular formula is C23H33ClN2O4. The lowest BCUT2D eigenvalue weighted by Gasteiger charge is -2.37. The number of likely N-dealkylation sites (N-methyl/N-ethyl adjacent to an activating group) is 1. The number of esters is 1. The molecule has 0 bridgehead atoms. The standard InChI is InChI=1S/C23H32N2O4.ClH/c1-24(14-15-25-12-4-3-5-13-25)21(26)17-8-10-23(11-9-17)20-7-6-18(28-2)16-19(20)22(27)29-23;/h6-7,16-17H,3-5,8-15H2,1-2H3;1H. The van der Waals surface area contributed by atoms with Crippen LogP contribution in [0.3, 0.4) is 0 Å². The molecule has 0 aromatic heterocycles. The number of halogens is 1. The summed E-state index contributed by atoms with van der Waals surface area (Å²) in [7, 11) is 3.52. The van der Waals surface area contributed by atoms with Crippen molar-refractivity contribution in [1.29, 1.82) is 0 Å². The molecular weight excluding hydrogens is 404 g/mol. The van der Waals surface area contributed by atoms with E-state index in [1.807, 2.05) is 24.1 Å². The zero-order chi connectivity index (χ0) is 20.4.